The van der Waals surface area contributed by atoms with E-state index in [1.165, 1.54) is 6.92 Å². The molecule has 1 aromatic rings. The summed E-state index contributed by atoms with van der Waals surface area (Å²) in [6.07, 6.45) is 0.729. The third kappa shape index (κ3) is 16.1. The number of rotatable bonds is 21. The van der Waals surface area contributed by atoms with Crippen molar-refractivity contribution in [2.45, 2.75) is 105 Å². The Labute approximate surface area is 262 Å². The van der Waals surface area contributed by atoms with E-state index in [0.29, 0.717) is 63.6 Å². The molecule has 11 heteroatoms. The standard InChI is InChI=1S/C33H55NO10/c1-9-41-30(36)12-10-16-42-28-14-13-24(20-29(28)43-17-11-15-40-8)19-25(22(2)3)21-26(27(35)18-23(4)31(37)38)34-32(39)44-33(5,6)7/h13-14,20,22-23,25-27,35H,9-12,15-19,21H2,1-8H3,(H,34,39)(H,37,38). The second kappa shape index (κ2) is 20.1. The Hall–Kier alpha value is -3.05. The van der Waals surface area contributed by atoms with E-state index in [4.69, 9.17) is 23.7 Å². The van der Waals surface area contributed by atoms with Gasteiger partial charge in [0, 0.05) is 26.6 Å². The van der Waals surface area contributed by atoms with Crippen molar-refractivity contribution in [3.05, 3.63) is 23.8 Å². The number of ether oxygens (including phenoxy) is 5. The lowest BCUT2D eigenvalue weighted by Gasteiger charge is -2.32. The number of aliphatic hydroxyl groups excluding tert-OH is 1. The molecule has 0 saturated heterocycles. The van der Waals surface area contributed by atoms with Gasteiger partial charge in [-0.2, -0.15) is 0 Å². The van der Waals surface area contributed by atoms with E-state index in [9.17, 15) is 24.6 Å². The number of esters is 1. The highest BCUT2D eigenvalue weighted by Gasteiger charge is 2.31. The molecule has 4 unspecified atom stereocenters. The average molecular weight is 626 g/mol. The number of carboxylic acids is 1. The van der Waals surface area contributed by atoms with E-state index in [1.807, 2.05) is 18.2 Å². The number of amides is 1. The van der Waals surface area contributed by atoms with Crippen LogP contribution >= 0.6 is 0 Å². The molecule has 0 fully saturated rings. The molecule has 252 valence electrons. The fourth-order valence-electron chi connectivity index (χ4n) is 4.55. The number of hydrogen-bond donors (Lipinski definition) is 3. The molecule has 44 heavy (non-hydrogen) atoms. The first kappa shape index (κ1) is 39.0. The molecule has 0 saturated carbocycles. The number of benzene rings is 1. The van der Waals surface area contributed by atoms with E-state index in [-0.39, 0.29) is 30.6 Å². The van der Waals surface area contributed by atoms with Crippen molar-refractivity contribution in [2.24, 2.45) is 17.8 Å². The predicted molar refractivity (Wildman–Crippen MR) is 167 cm³/mol. The Morgan fingerprint density at radius 1 is 0.955 bits per heavy atom. The van der Waals surface area contributed by atoms with Crippen LogP contribution in [0.2, 0.25) is 0 Å². The zero-order valence-corrected chi connectivity index (χ0v) is 27.9. The predicted octanol–water partition coefficient (Wildman–Crippen LogP) is 5.39. The summed E-state index contributed by atoms with van der Waals surface area (Å²) >= 11 is 0. The fraction of sp³-hybridized carbons (Fsp3) is 0.727. The van der Waals surface area contributed by atoms with Crippen molar-refractivity contribution in [2.75, 3.05) is 33.5 Å². The summed E-state index contributed by atoms with van der Waals surface area (Å²) in [6, 6.07) is 5.02. The summed E-state index contributed by atoms with van der Waals surface area (Å²) in [5, 5.41) is 23.2. The van der Waals surface area contributed by atoms with Gasteiger partial charge in [0.2, 0.25) is 0 Å². The highest BCUT2D eigenvalue weighted by Crippen LogP contribution is 2.32. The molecule has 1 rings (SSSR count). The molecule has 3 N–H and O–H groups in total. The van der Waals surface area contributed by atoms with Crippen molar-refractivity contribution in [3.63, 3.8) is 0 Å². The minimum atomic E-state index is -1.08. The van der Waals surface area contributed by atoms with Gasteiger partial charge in [-0.05, 0) is 82.9 Å². The minimum Gasteiger partial charge on any atom is -0.490 e. The van der Waals surface area contributed by atoms with Crippen LogP contribution in [0.3, 0.4) is 0 Å². The number of alkyl carbamates (subject to hydrolysis) is 1. The maximum absolute atomic E-state index is 12.7. The molecular weight excluding hydrogens is 570 g/mol. The van der Waals surface area contributed by atoms with Crippen molar-refractivity contribution >= 4 is 18.0 Å². The number of nitrogens with one attached hydrogen (secondary N) is 1. The van der Waals surface area contributed by atoms with E-state index in [2.05, 4.69) is 19.2 Å². The molecule has 0 heterocycles. The topological polar surface area (TPSA) is 150 Å². The number of carbonyl (C=O) groups is 3. The third-order valence-corrected chi connectivity index (χ3v) is 7.03. The molecule has 0 aromatic heterocycles. The summed E-state index contributed by atoms with van der Waals surface area (Å²) < 4.78 is 27.6. The molecule has 4 atom stereocenters. The van der Waals surface area contributed by atoms with Gasteiger partial charge in [-0.25, -0.2) is 4.79 Å². The number of carbonyl (C=O) groups excluding carboxylic acids is 2. The molecule has 0 radical (unpaired) electrons. The van der Waals surface area contributed by atoms with Gasteiger partial charge in [0.05, 0.1) is 37.9 Å². The van der Waals surface area contributed by atoms with Gasteiger partial charge in [0.25, 0.3) is 0 Å². The fourth-order valence-corrected chi connectivity index (χ4v) is 4.55. The van der Waals surface area contributed by atoms with Gasteiger partial charge < -0.3 is 39.2 Å². The molecule has 1 amide bonds. The largest absolute Gasteiger partial charge is 0.490 e. The monoisotopic (exact) mass is 625 g/mol. The van der Waals surface area contributed by atoms with Crippen LogP contribution in [0.15, 0.2) is 18.2 Å². The summed E-state index contributed by atoms with van der Waals surface area (Å²) in [6.45, 7) is 14.4. The maximum Gasteiger partial charge on any atom is 0.407 e. The molecule has 0 bridgehead atoms. The Morgan fingerprint density at radius 3 is 2.20 bits per heavy atom. The normalized spacial score (nSPS) is 14.3. The first-order chi connectivity index (χ1) is 20.7. The van der Waals surface area contributed by atoms with Gasteiger partial charge in [0.15, 0.2) is 11.5 Å². The van der Waals surface area contributed by atoms with Gasteiger partial charge in [0.1, 0.15) is 5.60 Å². The molecule has 11 nitrogen and oxygen atoms in total. The lowest BCUT2D eigenvalue weighted by Crippen LogP contribution is -2.47. The van der Waals surface area contributed by atoms with Gasteiger partial charge in [-0.15, -0.1) is 0 Å². The summed E-state index contributed by atoms with van der Waals surface area (Å²) in [5.41, 5.74) is 0.252. The van der Waals surface area contributed by atoms with Crippen molar-refractivity contribution in [3.8, 4) is 11.5 Å². The lowest BCUT2D eigenvalue weighted by molar-refractivity contribution is -0.143. The van der Waals surface area contributed by atoms with Crippen LogP contribution in [-0.2, 0) is 30.2 Å². The summed E-state index contributed by atoms with van der Waals surface area (Å²) in [7, 11) is 1.63. The minimum absolute atomic E-state index is 0.0116. The Bertz CT molecular complexity index is 1010. The highest BCUT2D eigenvalue weighted by atomic mass is 16.6. The summed E-state index contributed by atoms with van der Waals surface area (Å²) in [4.78, 5) is 35.8. The maximum atomic E-state index is 12.7. The molecule has 0 spiro atoms. The van der Waals surface area contributed by atoms with Gasteiger partial charge >= 0.3 is 18.0 Å². The third-order valence-electron chi connectivity index (χ3n) is 7.03. The number of aliphatic carboxylic acids is 1. The average Bonchev–Trinajstić information content (AvgIpc) is 2.92. The van der Waals surface area contributed by atoms with E-state index in [1.54, 1.807) is 34.8 Å². The molecule has 0 aliphatic rings. The Balaban J connectivity index is 3.14. The van der Waals surface area contributed by atoms with Gasteiger partial charge in [-0.3, -0.25) is 9.59 Å². The van der Waals surface area contributed by atoms with Crippen LogP contribution in [-0.4, -0.2) is 79.5 Å². The van der Waals surface area contributed by atoms with Crippen LogP contribution in [0, 0.1) is 17.8 Å². The molecule has 1 aromatic carbocycles. The van der Waals surface area contributed by atoms with Crippen molar-refractivity contribution in [1.82, 2.24) is 5.32 Å². The number of aliphatic hydroxyl groups is 1. The number of hydrogen-bond acceptors (Lipinski definition) is 9. The summed E-state index contributed by atoms with van der Waals surface area (Å²) in [5.74, 6) is -0.719. The molecular formula is C33H55NO10. The van der Waals surface area contributed by atoms with Crippen molar-refractivity contribution in [1.29, 1.82) is 0 Å². The van der Waals surface area contributed by atoms with E-state index < -0.39 is 35.7 Å². The van der Waals surface area contributed by atoms with E-state index >= 15 is 0 Å². The smallest absolute Gasteiger partial charge is 0.407 e. The second-order valence-electron chi connectivity index (χ2n) is 12.5. The van der Waals surface area contributed by atoms with Gasteiger partial charge in [-0.1, -0.05) is 26.8 Å². The molecule has 0 aliphatic heterocycles. The zero-order chi connectivity index (χ0) is 33.3. The van der Waals surface area contributed by atoms with Crippen LogP contribution in [0.4, 0.5) is 4.79 Å². The second-order valence-corrected chi connectivity index (χ2v) is 12.5. The van der Waals surface area contributed by atoms with Crippen LogP contribution < -0.4 is 14.8 Å². The Morgan fingerprint density at radius 2 is 1.61 bits per heavy atom. The van der Waals surface area contributed by atoms with Crippen molar-refractivity contribution < 1.29 is 48.3 Å². The number of methoxy groups -OCH3 is 1. The Kier molecular flexibility index (Phi) is 17.8. The quantitative estimate of drug-likeness (QED) is 0.120. The van der Waals surface area contributed by atoms with Crippen LogP contribution in [0.1, 0.15) is 86.1 Å². The lowest BCUT2D eigenvalue weighted by atomic mass is 9.82. The number of carboxylic acid groups (broad SMARTS) is 1. The zero-order valence-electron chi connectivity index (χ0n) is 27.9. The SMILES string of the molecule is CCOC(=O)CCCOc1ccc(CC(CC(NC(=O)OC(C)(C)C)C(O)CC(C)C(=O)O)C(C)C)cc1OCCCOC. The van der Waals surface area contributed by atoms with E-state index in [0.717, 1.165) is 5.56 Å². The van der Waals surface area contributed by atoms with Crippen LogP contribution in [0.25, 0.3) is 0 Å². The first-order valence-corrected chi connectivity index (χ1v) is 15.6. The first-order valence-electron chi connectivity index (χ1n) is 15.6. The highest BCUT2D eigenvalue weighted by molar-refractivity contribution is 5.70. The molecule has 0 aliphatic carbocycles. The van der Waals surface area contributed by atoms with Crippen LogP contribution in [0.5, 0.6) is 11.5 Å².